The molecule has 0 radical (unpaired) electrons. The second-order valence-electron chi connectivity index (χ2n) is 13.5. The summed E-state index contributed by atoms with van der Waals surface area (Å²) in [6.07, 6.45) is 8.79. The SMILES string of the molecule is Cc1noc(C)c1S(=O)(=O)Nc1ccc2c(c1)C(=O)N([C@@H](C)CO)C[C@@H](C)[C@H](CN(C)CC1CCCCC1)OCCCC[C@@H](C)O2. The quantitative estimate of drug-likeness (QED) is 0.362. The van der Waals surface area contributed by atoms with Crippen LogP contribution in [0.2, 0.25) is 0 Å². The van der Waals surface area contributed by atoms with Crippen LogP contribution in [0.3, 0.4) is 0 Å². The first kappa shape index (κ1) is 36.2. The number of sulfonamides is 1. The third kappa shape index (κ3) is 9.45. The largest absolute Gasteiger partial charge is 0.490 e. The van der Waals surface area contributed by atoms with Crippen molar-refractivity contribution in [3.05, 3.63) is 35.2 Å². The van der Waals surface area contributed by atoms with Gasteiger partial charge in [0.1, 0.15) is 11.4 Å². The van der Waals surface area contributed by atoms with Gasteiger partial charge in [0, 0.05) is 37.8 Å². The van der Waals surface area contributed by atoms with E-state index in [0.29, 0.717) is 24.8 Å². The second kappa shape index (κ2) is 16.4. The van der Waals surface area contributed by atoms with Crippen molar-refractivity contribution in [1.29, 1.82) is 0 Å². The number of anilines is 1. The lowest BCUT2D eigenvalue weighted by Gasteiger charge is -2.36. The van der Waals surface area contributed by atoms with Crippen LogP contribution in [0, 0.1) is 25.7 Å². The highest BCUT2D eigenvalue weighted by Gasteiger charge is 2.31. The number of benzene rings is 1. The number of rotatable bonds is 9. The maximum absolute atomic E-state index is 14.4. The van der Waals surface area contributed by atoms with Crippen LogP contribution >= 0.6 is 0 Å². The van der Waals surface area contributed by atoms with E-state index < -0.39 is 16.1 Å². The average Bonchev–Trinajstić information content (AvgIpc) is 3.37. The number of carbonyl (C=O) groups is 1. The molecule has 2 heterocycles. The molecule has 0 unspecified atom stereocenters. The number of aryl methyl sites for hydroxylation is 2. The van der Waals surface area contributed by atoms with E-state index in [9.17, 15) is 18.3 Å². The molecule has 2 N–H and O–H groups in total. The number of nitrogens with one attached hydrogen (secondary N) is 1. The van der Waals surface area contributed by atoms with Gasteiger partial charge in [-0.3, -0.25) is 9.52 Å². The van der Waals surface area contributed by atoms with Gasteiger partial charge >= 0.3 is 0 Å². The minimum absolute atomic E-state index is 0.0285. The van der Waals surface area contributed by atoms with Crippen LogP contribution in [0.25, 0.3) is 0 Å². The zero-order chi connectivity index (χ0) is 33.4. The summed E-state index contributed by atoms with van der Waals surface area (Å²) in [7, 11) is -1.88. The minimum atomic E-state index is -4.04. The Morgan fingerprint density at radius 3 is 2.48 bits per heavy atom. The molecule has 4 atom stereocenters. The third-order valence-corrected chi connectivity index (χ3v) is 11.0. The van der Waals surface area contributed by atoms with Crippen molar-refractivity contribution in [3.8, 4) is 5.75 Å². The number of hydrogen-bond acceptors (Lipinski definition) is 9. The Hall–Kier alpha value is -2.67. The summed E-state index contributed by atoms with van der Waals surface area (Å²) in [5, 5.41) is 14.0. The van der Waals surface area contributed by atoms with Gasteiger partial charge in [-0.1, -0.05) is 31.3 Å². The molecule has 2 aromatic rings. The van der Waals surface area contributed by atoms with Crippen LogP contribution in [0.15, 0.2) is 27.6 Å². The number of hydrogen-bond donors (Lipinski definition) is 2. The maximum atomic E-state index is 14.4. The van der Waals surface area contributed by atoms with Gasteiger partial charge in [-0.15, -0.1) is 0 Å². The summed E-state index contributed by atoms with van der Waals surface area (Å²) in [5.41, 5.74) is 0.677. The van der Waals surface area contributed by atoms with Gasteiger partial charge in [-0.25, -0.2) is 8.42 Å². The van der Waals surface area contributed by atoms with Crippen molar-refractivity contribution in [3.63, 3.8) is 0 Å². The number of aliphatic hydroxyl groups is 1. The predicted molar refractivity (Wildman–Crippen MR) is 178 cm³/mol. The predicted octanol–water partition coefficient (Wildman–Crippen LogP) is 5.40. The molecule has 1 saturated carbocycles. The number of carbonyl (C=O) groups excluding carboxylic acids is 1. The van der Waals surface area contributed by atoms with Gasteiger partial charge in [0.05, 0.1) is 30.4 Å². The van der Waals surface area contributed by atoms with E-state index in [0.717, 1.165) is 32.4 Å². The maximum Gasteiger partial charge on any atom is 0.267 e. The summed E-state index contributed by atoms with van der Waals surface area (Å²) < 4.78 is 47.1. The Labute approximate surface area is 275 Å². The van der Waals surface area contributed by atoms with E-state index in [1.54, 1.807) is 24.0 Å². The highest BCUT2D eigenvalue weighted by Crippen LogP contribution is 2.31. The summed E-state index contributed by atoms with van der Waals surface area (Å²) in [4.78, 5) is 18.4. The molecule has 0 bridgehead atoms. The van der Waals surface area contributed by atoms with Gasteiger partial charge in [-0.2, -0.15) is 0 Å². The van der Waals surface area contributed by atoms with Crippen molar-refractivity contribution < 1.29 is 32.3 Å². The van der Waals surface area contributed by atoms with E-state index in [2.05, 4.69) is 28.8 Å². The number of ether oxygens (including phenoxy) is 2. The highest BCUT2D eigenvalue weighted by molar-refractivity contribution is 7.92. The minimum Gasteiger partial charge on any atom is -0.490 e. The Bertz CT molecular complexity index is 1370. The van der Waals surface area contributed by atoms with Gasteiger partial charge in [0.15, 0.2) is 10.7 Å². The Morgan fingerprint density at radius 2 is 1.80 bits per heavy atom. The second-order valence-corrected chi connectivity index (χ2v) is 15.1. The lowest BCUT2D eigenvalue weighted by Crippen LogP contribution is -2.47. The molecular weight excluding hydrogens is 608 g/mol. The smallest absolute Gasteiger partial charge is 0.267 e. The number of aromatic nitrogens is 1. The van der Waals surface area contributed by atoms with Crippen LogP contribution < -0.4 is 9.46 Å². The molecule has 46 heavy (non-hydrogen) atoms. The Morgan fingerprint density at radius 1 is 1.09 bits per heavy atom. The monoisotopic (exact) mass is 662 g/mol. The molecule has 11 nitrogen and oxygen atoms in total. The lowest BCUT2D eigenvalue weighted by molar-refractivity contribution is -0.0190. The number of nitrogens with zero attached hydrogens (tertiary/aromatic N) is 3. The summed E-state index contributed by atoms with van der Waals surface area (Å²) in [5.74, 6) is 0.883. The van der Waals surface area contributed by atoms with E-state index in [-0.39, 0.29) is 58.2 Å². The molecule has 1 aromatic heterocycles. The van der Waals surface area contributed by atoms with Crippen molar-refractivity contribution in [2.75, 3.05) is 44.6 Å². The number of fused-ring (bicyclic) bond motifs is 1. The third-order valence-electron chi connectivity index (χ3n) is 9.33. The molecule has 0 spiro atoms. The fraction of sp³-hybridized carbons (Fsp3) is 0.706. The summed E-state index contributed by atoms with van der Waals surface area (Å²) >= 11 is 0. The van der Waals surface area contributed by atoms with E-state index in [1.807, 2.05) is 13.8 Å². The van der Waals surface area contributed by atoms with Gasteiger partial charge in [-0.05, 0) is 91.0 Å². The van der Waals surface area contributed by atoms with E-state index in [4.69, 9.17) is 14.0 Å². The van der Waals surface area contributed by atoms with E-state index >= 15 is 0 Å². The van der Waals surface area contributed by atoms with Crippen LogP contribution in [0.4, 0.5) is 5.69 Å². The summed E-state index contributed by atoms with van der Waals surface area (Å²) in [6, 6.07) is 4.25. The lowest BCUT2D eigenvalue weighted by atomic mass is 9.89. The molecule has 1 fully saturated rings. The van der Waals surface area contributed by atoms with Crippen molar-refractivity contribution in [1.82, 2.24) is 15.0 Å². The Balaban J connectivity index is 1.63. The molecule has 0 saturated heterocycles. The summed E-state index contributed by atoms with van der Waals surface area (Å²) in [6.45, 7) is 11.5. The van der Waals surface area contributed by atoms with Crippen molar-refractivity contribution >= 4 is 21.6 Å². The molecule has 1 aliphatic heterocycles. The van der Waals surface area contributed by atoms with Crippen LogP contribution in [0.1, 0.15) is 93.9 Å². The molecule has 4 rings (SSSR count). The Kier molecular flexibility index (Phi) is 12.9. The fourth-order valence-electron chi connectivity index (χ4n) is 6.71. The molecular formula is C34H54N4O7S. The molecule has 2 aliphatic rings. The number of amides is 1. The van der Waals surface area contributed by atoms with Gasteiger partial charge in [0.2, 0.25) is 0 Å². The van der Waals surface area contributed by atoms with E-state index in [1.165, 1.54) is 45.1 Å². The molecule has 12 heteroatoms. The topological polar surface area (TPSA) is 134 Å². The molecule has 1 aromatic carbocycles. The van der Waals surface area contributed by atoms with Gasteiger partial charge < -0.3 is 28.9 Å². The molecule has 258 valence electrons. The normalized spacial score (nSPS) is 23.4. The first-order valence-corrected chi connectivity index (χ1v) is 18.4. The number of aliphatic hydroxyl groups excluding tert-OH is 1. The number of likely N-dealkylation sites (N-methyl/N-ethyl adjacent to an activating group) is 1. The zero-order valence-electron chi connectivity index (χ0n) is 28.5. The molecule has 1 aliphatic carbocycles. The first-order chi connectivity index (χ1) is 21.9. The highest BCUT2D eigenvalue weighted by atomic mass is 32.2. The van der Waals surface area contributed by atoms with Crippen molar-refractivity contribution in [2.24, 2.45) is 11.8 Å². The standard InChI is InChI=1S/C34H54N4O7S/c1-23-19-38(24(2)22-39)34(40)30-18-29(36-46(41,42)33-26(4)35-45-27(33)5)15-16-31(30)44-25(3)12-10-11-17-43-32(23)21-37(6)20-28-13-8-7-9-14-28/h15-16,18,23-25,28,32,36,39H,7-14,17,19-22H2,1-6H3/t23-,24+,25-,32+/m1/s1. The zero-order valence-corrected chi connectivity index (χ0v) is 29.3. The molecule has 1 amide bonds. The first-order valence-electron chi connectivity index (χ1n) is 16.9. The van der Waals surface area contributed by atoms with Crippen molar-refractivity contribution in [2.45, 2.75) is 109 Å². The van der Waals surface area contributed by atoms with Crippen LogP contribution in [0.5, 0.6) is 5.75 Å². The van der Waals surface area contributed by atoms with Gasteiger partial charge in [0.25, 0.3) is 15.9 Å². The van der Waals surface area contributed by atoms with Crippen LogP contribution in [-0.4, -0.2) is 92.5 Å². The fourth-order valence-corrected chi connectivity index (χ4v) is 8.09. The average molecular weight is 663 g/mol. The van der Waals surface area contributed by atoms with Crippen LogP contribution in [-0.2, 0) is 14.8 Å².